The fourth-order valence-corrected chi connectivity index (χ4v) is 3.15. The summed E-state index contributed by atoms with van der Waals surface area (Å²) in [5, 5.41) is 0. The van der Waals surface area contributed by atoms with Crippen LogP contribution in [0.25, 0.3) is 22.7 Å². The van der Waals surface area contributed by atoms with Crippen molar-refractivity contribution < 1.29 is 13.9 Å². The zero-order chi connectivity index (χ0) is 21.1. The Morgan fingerprint density at radius 2 is 1.67 bits per heavy atom. The van der Waals surface area contributed by atoms with Crippen LogP contribution in [0.4, 0.5) is 5.69 Å². The summed E-state index contributed by atoms with van der Waals surface area (Å²) < 4.78 is 11.1. The molecule has 0 atom stereocenters. The van der Waals surface area contributed by atoms with Gasteiger partial charge in [0.2, 0.25) is 5.89 Å². The van der Waals surface area contributed by atoms with Gasteiger partial charge in [-0.25, -0.2) is 4.98 Å². The smallest absolute Gasteiger partial charge is 0.231 e. The Labute approximate surface area is 175 Å². The minimum Gasteiger partial charge on any atom is -0.497 e. The molecule has 0 unspecified atom stereocenters. The lowest BCUT2D eigenvalue weighted by atomic mass is 10.0. The van der Waals surface area contributed by atoms with E-state index < -0.39 is 0 Å². The molecule has 0 amide bonds. The second-order valence-electron chi connectivity index (χ2n) is 7.09. The van der Waals surface area contributed by atoms with E-state index in [-0.39, 0.29) is 5.78 Å². The van der Waals surface area contributed by atoms with Crippen molar-refractivity contribution >= 4 is 34.2 Å². The van der Waals surface area contributed by atoms with Crippen molar-refractivity contribution in [2.75, 3.05) is 26.1 Å². The van der Waals surface area contributed by atoms with Gasteiger partial charge in [-0.3, -0.25) is 4.79 Å². The molecule has 5 nitrogen and oxygen atoms in total. The van der Waals surface area contributed by atoms with Gasteiger partial charge in [0.05, 0.1) is 12.7 Å². The molecule has 150 valence electrons. The maximum Gasteiger partial charge on any atom is 0.231 e. The Morgan fingerprint density at radius 3 is 2.30 bits per heavy atom. The zero-order valence-electron chi connectivity index (χ0n) is 17.1. The predicted octanol–water partition coefficient (Wildman–Crippen LogP) is 5.33. The number of hydrogen-bond donors (Lipinski definition) is 0. The van der Waals surface area contributed by atoms with Gasteiger partial charge in [-0.05, 0) is 60.2 Å². The number of ketones is 1. The number of carbonyl (C=O) groups excluding carboxylic acids is 1. The summed E-state index contributed by atoms with van der Waals surface area (Å²) in [6.07, 6.45) is 1.82. The van der Waals surface area contributed by atoms with E-state index in [1.807, 2.05) is 73.6 Å². The van der Waals surface area contributed by atoms with Crippen molar-refractivity contribution in [2.24, 2.45) is 0 Å². The number of methoxy groups -OCH3 is 1. The summed E-state index contributed by atoms with van der Waals surface area (Å²) in [4.78, 5) is 20.0. The molecule has 0 fully saturated rings. The molecule has 0 aliphatic heterocycles. The third kappa shape index (κ3) is 3.96. The number of hydrogen-bond acceptors (Lipinski definition) is 5. The molecule has 0 saturated carbocycles. The van der Waals surface area contributed by atoms with Crippen LogP contribution in [0.1, 0.15) is 21.8 Å². The van der Waals surface area contributed by atoms with Crippen LogP contribution in [-0.4, -0.2) is 32.0 Å². The van der Waals surface area contributed by atoms with Gasteiger partial charge in [-0.15, -0.1) is 0 Å². The van der Waals surface area contributed by atoms with Crippen LogP contribution in [0.5, 0.6) is 5.75 Å². The predicted molar refractivity (Wildman–Crippen MR) is 120 cm³/mol. The van der Waals surface area contributed by atoms with Crippen LogP contribution in [0.15, 0.2) is 77.2 Å². The third-order valence-electron chi connectivity index (χ3n) is 4.84. The van der Waals surface area contributed by atoms with E-state index in [1.165, 1.54) is 0 Å². The number of Topliss-reactive ketones (excluding diaryl/α,β-unsaturated/α-hetero) is 1. The topological polar surface area (TPSA) is 55.6 Å². The molecule has 5 heteroatoms. The average molecular weight is 398 g/mol. The van der Waals surface area contributed by atoms with Crippen LogP contribution in [-0.2, 0) is 0 Å². The van der Waals surface area contributed by atoms with Gasteiger partial charge >= 0.3 is 0 Å². The molecule has 0 aliphatic carbocycles. The van der Waals surface area contributed by atoms with Gasteiger partial charge in [-0.2, -0.15) is 0 Å². The minimum absolute atomic E-state index is 0.166. The molecule has 1 aromatic heterocycles. The van der Waals surface area contributed by atoms with Gasteiger partial charge < -0.3 is 14.1 Å². The lowest BCUT2D eigenvalue weighted by Gasteiger charge is -2.12. The Hall–Kier alpha value is -3.86. The van der Waals surface area contributed by atoms with Crippen molar-refractivity contribution in [1.82, 2.24) is 4.98 Å². The average Bonchev–Trinajstić information content (AvgIpc) is 3.21. The summed E-state index contributed by atoms with van der Waals surface area (Å²) >= 11 is 0. The number of oxazole rings is 1. The fraction of sp³-hybridized carbons (Fsp3) is 0.120. The summed E-state index contributed by atoms with van der Waals surface area (Å²) in [7, 11) is 5.57. The largest absolute Gasteiger partial charge is 0.497 e. The number of para-hydroxylation sites is 2. The van der Waals surface area contributed by atoms with Crippen LogP contribution in [0.2, 0.25) is 0 Å². The number of aromatic nitrogens is 1. The van der Waals surface area contributed by atoms with Crippen molar-refractivity contribution in [3.8, 4) is 5.75 Å². The van der Waals surface area contributed by atoms with E-state index in [1.54, 1.807) is 31.4 Å². The number of rotatable bonds is 6. The first-order valence-corrected chi connectivity index (χ1v) is 9.59. The second kappa shape index (κ2) is 8.25. The van der Waals surface area contributed by atoms with Crippen LogP contribution >= 0.6 is 0 Å². The van der Waals surface area contributed by atoms with E-state index in [0.29, 0.717) is 33.9 Å². The third-order valence-corrected chi connectivity index (χ3v) is 4.84. The van der Waals surface area contributed by atoms with E-state index in [0.717, 1.165) is 11.3 Å². The lowest BCUT2D eigenvalue weighted by molar-refractivity contribution is 0.105. The minimum atomic E-state index is -0.166. The quantitative estimate of drug-likeness (QED) is 0.325. The highest BCUT2D eigenvalue weighted by molar-refractivity contribution is 6.31. The van der Waals surface area contributed by atoms with Crippen LogP contribution in [0, 0.1) is 0 Å². The van der Waals surface area contributed by atoms with E-state index >= 15 is 0 Å². The monoisotopic (exact) mass is 398 g/mol. The van der Waals surface area contributed by atoms with Gasteiger partial charge in [0.25, 0.3) is 0 Å². The van der Waals surface area contributed by atoms with Crippen LogP contribution in [0.3, 0.4) is 0 Å². The van der Waals surface area contributed by atoms with Crippen molar-refractivity contribution in [1.29, 1.82) is 0 Å². The number of nitrogens with zero attached hydrogens (tertiary/aromatic N) is 2. The highest BCUT2D eigenvalue weighted by atomic mass is 16.5. The van der Waals surface area contributed by atoms with Gasteiger partial charge in [0.1, 0.15) is 11.3 Å². The van der Waals surface area contributed by atoms with Crippen molar-refractivity contribution in [3.05, 3.63) is 89.8 Å². The molecule has 0 aliphatic rings. The first-order valence-electron chi connectivity index (χ1n) is 9.59. The maximum absolute atomic E-state index is 13.4. The number of allylic oxidation sites excluding steroid dienone is 1. The normalized spacial score (nSPS) is 11.5. The van der Waals surface area contributed by atoms with E-state index in [2.05, 4.69) is 4.98 Å². The second-order valence-corrected chi connectivity index (χ2v) is 7.09. The zero-order valence-corrected chi connectivity index (χ0v) is 17.1. The Balaban J connectivity index is 1.79. The molecule has 0 N–H and O–H groups in total. The van der Waals surface area contributed by atoms with Crippen molar-refractivity contribution in [3.63, 3.8) is 0 Å². The summed E-state index contributed by atoms with van der Waals surface area (Å²) in [5.74, 6) is 0.827. The molecule has 1 heterocycles. The van der Waals surface area contributed by atoms with Crippen molar-refractivity contribution in [2.45, 2.75) is 0 Å². The molecule has 3 aromatic carbocycles. The maximum atomic E-state index is 13.4. The Kier molecular flexibility index (Phi) is 5.35. The number of fused-ring (bicyclic) bond motifs is 1. The SMILES string of the molecule is COc1ccc(C(=O)C(=Cc2ccc(N(C)C)cc2)c2nc3ccccc3o2)cc1. The molecular formula is C25H22N2O3. The molecule has 0 bridgehead atoms. The molecule has 0 saturated heterocycles. The highest BCUT2D eigenvalue weighted by Gasteiger charge is 2.20. The van der Waals surface area contributed by atoms with Gasteiger partial charge in [0, 0.05) is 25.3 Å². The molecule has 4 rings (SSSR count). The van der Waals surface area contributed by atoms with Gasteiger partial charge in [-0.1, -0.05) is 24.3 Å². The van der Waals surface area contributed by atoms with Crippen LogP contribution < -0.4 is 9.64 Å². The number of benzene rings is 3. The molecule has 0 spiro atoms. The first kappa shape index (κ1) is 19.5. The van der Waals surface area contributed by atoms with E-state index in [9.17, 15) is 4.79 Å². The highest BCUT2D eigenvalue weighted by Crippen LogP contribution is 2.27. The standard InChI is InChI=1S/C25H22N2O3/c1-27(2)19-12-8-17(9-13-19)16-21(24(28)18-10-14-20(29-3)15-11-18)25-26-22-6-4-5-7-23(22)30-25/h4-16H,1-3H3. The first-order chi connectivity index (χ1) is 14.5. The molecule has 30 heavy (non-hydrogen) atoms. The Bertz CT molecular complexity index is 1170. The Morgan fingerprint density at radius 1 is 0.967 bits per heavy atom. The molecule has 4 aromatic rings. The lowest BCUT2D eigenvalue weighted by Crippen LogP contribution is -2.08. The van der Waals surface area contributed by atoms with E-state index in [4.69, 9.17) is 9.15 Å². The van der Waals surface area contributed by atoms with Gasteiger partial charge in [0.15, 0.2) is 11.4 Å². The number of ether oxygens (including phenoxy) is 1. The molecule has 0 radical (unpaired) electrons. The summed E-state index contributed by atoms with van der Waals surface area (Å²) in [6, 6.07) is 22.5. The molecular weight excluding hydrogens is 376 g/mol. The number of carbonyl (C=O) groups is 1. The summed E-state index contributed by atoms with van der Waals surface area (Å²) in [5.41, 5.74) is 4.26. The fourth-order valence-electron chi connectivity index (χ4n) is 3.15. The number of anilines is 1. The summed E-state index contributed by atoms with van der Waals surface area (Å²) in [6.45, 7) is 0.